The number of carbonyl (C=O) groups is 1. The lowest BCUT2D eigenvalue weighted by molar-refractivity contribution is 0.0952. The second-order valence-electron chi connectivity index (χ2n) is 3.97. The summed E-state index contributed by atoms with van der Waals surface area (Å²) in [5.41, 5.74) is 0.342. The van der Waals surface area contributed by atoms with E-state index in [-0.39, 0.29) is 5.91 Å². The Kier molecular flexibility index (Phi) is 3.69. The van der Waals surface area contributed by atoms with E-state index in [1.165, 1.54) is 12.8 Å². The number of hydrogen-bond acceptors (Lipinski definition) is 4. The first-order valence-electron chi connectivity index (χ1n) is 5.79. The Morgan fingerprint density at radius 3 is 2.76 bits per heavy atom. The van der Waals surface area contributed by atoms with Crippen molar-refractivity contribution in [2.24, 2.45) is 0 Å². The lowest BCUT2D eigenvalue weighted by Gasteiger charge is -2.15. The van der Waals surface area contributed by atoms with Crippen LogP contribution in [0.25, 0.3) is 0 Å². The van der Waals surface area contributed by atoms with Gasteiger partial charge in [0.25, 0.3) is 5.91 Å². The van der Waals surface area contributed by atoms with E-state index < -0.39 is 0 Å². The summed E-state index contributed by atoms with van der Waals surface area (Å²) >= 11 is 0. The Morgan fingerprint density at radius 1 is 1.41 bits per heavy atom. The maximum atomic E-state index is 11.6. The van der Waals surface area contributed by atoms with Crippen LogP contribution in [0.2, 0.25) is 0 Å². The summed E-state index contributed by atoms with van der Waals surface area (Å²) in [5, 5.41) is 10.7. The van der Waals surface area contributed by atoms with Gasteiger partial charge in [-0.2, -0.15) is 0 Å². The van der Waals surface area contributed by atoms with Crippen LogP contribution >= 0.6 is 0 Å². The lowest BCUT2D eigenvalue weighted by atomic mass is 10.3. The molecule has 0 atom stereocenters. The van der Waals surface area contributed by atoms with Crippen molar-refractivity contribution >= 4 is 11.7 Å². The molecule has 0 unspecified atom stereocenters. The predicted octanol–water partition coefficient (Wildman–Crippen LogP) is 0.993. The Hall–Kier alpha value is -1.91. The molecule has 0 bridgehead atoms. The number of nitrogens with zero attached hydrogens (tertiary/aromatic N) is 3. The molecule has 0 radical (unpaired) electrons. The topological polar surface area (TPSA) is 58.1 Å². The SMILES string of the molecule is C=CCNC(=O)c1ccc(N2CCCC2)nn1. The Bertz CT molecular complexity index is 395. The van der Waals surface area contributed by atoms with Crippen molar-refractivity contribution in [2.45, 2.75) is 12.8 Å². The van der Waals surface area contributed by atoms with Gasteiger partial charge in [0.2, 0.25) is 0 Å². The van der Waals surface area contributed by atoms with E-state index >= 15 is 0 Å². The summed E-state index contributed by atoms with van der Waals surface area (Å²) in [6.45, 7) is 6.02. The van der Waals surface area contributed by atoms with Crippen molar-refractivity contribution in [1.29, 1.82) is 0 Å². The zero-order chi connectivity index (χ0) is 12.1. The third-order valence-electron chi connectivity index (χ3n) is 2.72. The molecule has 1 N–H and O–H groups in total. The van der Waals surface area contributed by atoms with Crippen LogP contribution in [0, 0.1) is 0 Å². The van der Waals surface area contributed by atoms with Gasteiger partial charge >= 0.3 is 0 Å². The molecular formula is C12H16N4O. The highest BCUT2D eigenvalue weighted by Gasteiger charge is 2.14. The first-order valence-corrected chi connectivity index (χ1v) is 5.79. The molecule has 2 heterocycles. The average molecular weight is 232 g/mol. The van der Waals surface area contributed by atoms with Crippen molar-refractivity contribution < 1.29 is 4.79 Å². The van der Waals surface area contributed by atoms with Crippen LogP contribution in [-0.2, 0) is 0 Å². The van der Waals surface area contributed by atoms with Crippen molar-refractivity contribution in [2.75, 3.05) is 24.5 Å². The first kappa shape index (κ1) is 11.6. The number of amides is 1. The summed E-state index contributed by atoms with van der Waals surface area (Å²) in [6.07, 6.45) is 4.02. The molecule has 1 saturated heterocycles. The van der Waals surface area contributed by atoms with Gasteiger partial charge in [-0.25, -0.2) is 0 Å². The Balaban J connectivity index is 2.01. The fraction of sp³-hybridized carbons (Fsp3) is 0.417. The van der Waals surface area contributed by atoms with Gasteiger partial charge in [0.1, 0.15) is 0 Å². The van der Waals surface area contributed by atoms with Crippen LogP contribution in [0.3, 0.4) is 0 Å². The van der Waals surface area contributed by atoms with Gasteiger partial charge in [-0.15, -0.1) is 16.8 Å². The Morgan fingerprint density at radius 2 is 2.18 bits per heavy atom. The highest BCUT2D eigenvalue weighted by Crippen LogP contribution is 2.16. The molecule has 1 aromatic heterocycles. The van der Waals surface area contributed by atoms with Crippen LogP contribution in [0.5, 0.6) is 0 Å². The van der Waals surface area contributed by atoms with E-state index in [4.69, 9.17) is 0 Å². The highest BCUT2D eigenvalue weighted by molar-refractivity contribution is 5.92. The molecular weight excluding hydrogens is 216 g/mol. The molecule has 1 fully saturated rings. The second kappa shape index (κ2) is 5.43. The van der Waals surface area contributed by atoms with Gasteiger partial charge in [-0.1, -0.05) is 6.08 Å². The zero-order valence-electron chi connectivity index (χ0n) is 9.72. The van der Waals surface area contributed by atoms with E-state index in [9.17, 15) is 4.79 Å². The van der Waals surface area contributed by atoms with Crippen LogP contribution < -0.4 is 10.2 Å². The fourth-order valence-corrected chi connectivity index (χ4v) is 1.82. The molecule has 1 aliphatic heterocycles. The third kappa shape index (κ3) is 2.81. The number of anilines is 1. The summed E-state index contributed by atoms with van der Waals surface area (Å²) in [5.74, 6) is 0.633. The quantitative estimate of drug-likeness (QED) is 0.787. The van der Waals surface area contributed by atoms with E-state index in [1.54, 1.807) is 12.1 Å². The van der Waals surface area contributed by atoms with Crippen LogP contribution in [-0.4, -0.2) is 35.7 Å². The van der Waals surface area contributed by atoms with E-state index in [1.807, 2.05) is 6.07 Å². The van der Waals surface area contributed by atoms with Crippen molar-refractivity contribution in [3.05, 3.63) is 30.5 Å². The minimum absolute atomic E-state index is 0.217. The minimum Gasteiger partial charge on any atom is -0.355 e. The lowest BCUT2D eigenvalue weighted by Crippen LogP contribution is -2.25. The van der Waals surface area contributed by atoms with Gasteiger partial charge < -0.3 is 10.2 Å². The summed E-state index contributed by atoms with van der Waals surface area (Å²) in [6, 6.07) is 3.56. The summed E-state index contributed by atoms with van der Waals surface area (Å²) < 4.78 is 0. The van der Waals surface area contributed by atoms with Gasteiger partial charge in [-0.3, -0.25) is 4.79 Å². The molecule has 5 nitrogen and oxygen atoms in total. The second-order valence-corrected chi connectivity index (χ2v) is 3.97. The average Bonchev–Trinajstić information content (AvgIpc) is 2.90. The number of carbonyl (C=O) groups excluding carboxylic acids is 1. The molecule has 1 amide bonds. The number of nitrogens with one attached hydrogen (secondary N) is 1. The molecule has 0 aliphatic carbocycles. The molecule has 17 heavy (non-hydrogen) atoms. The van der Waals surface area contributed by atoms with Gasteiger partial charge in [-0.05, 0) is 25.0 Å². The maximum absolute atomic E-state index is 11.6. The first-order chi connectivity index (χ1) is 8.31. The predicted molar refractivity (Wildman–Crippen MR) is 66.0 cm³/mol. The van der Waals surface area contributed by atoms with Gasteiger partial charge in [0.15, 0.2) is 11.5 Å². The van der Waals surface area contributed by atoms with Crippen LogP contribution in [0.4, 0.5) is 5.82 Å². The number of hydrogen-bond donors (Lipinski definition) is 1. The normalized spacial score (nSPS) is 14.7. The minimum atomic E-state index is -0.217. The third-order valence-corrected chi connectivity index (χ3v) is 2.72. The molecule has 5 heteroatoms. The van der Waals surface area contributed by atoms with Gasteiger partial charge in [0, 0.05) is 19.6 Å². The van der Waals surface area contributed by atoms with Gasteiger partial charge in [0.05, 0.1) is 0 Å². The van der Waals surface area contributed by atoms with E-state index in [2.05, 4.69) is 27.0 Å². The molecule has 90 valence electrons. The van der Waals surface area contributed by atoms with E-state index in [0.717, 1.165) is 18.9 Å². The fourth-order valence-electron chi connectivity index (χ4n) is 1.82. The molecule has 0 saturated carbocycles. The highest BCUT2D eigenvalue weighted by atomic mass is 16.1. The molecule has 2 rings (SSSR count). The largest absolute Gasteiger partial charge is 0.355 e. The standard InChI is InChI=1S/C12H16N4O/c1-2-7-13-12(17)10-5-6-11(15-14-10)16-8-3-4-9-16/h2,5-6H,1,3-4,7-9H2,(H,13,17). The van der Waals surface area contributed by atoms with Crippen LogP contribution in [0.15, 0.2) is 24.8 Å². The Labute approximate surface area is 101 Å². The molecule has 0 spiro atoms. The van der Waals surface area contributed by atoms with E-state index in [0.29, 0.717) is 12.2 Å². The molecule has 0 aromatic carbocycles. The van der Waals surface area contributed by atoms with Crippen molar-refractivity contribution in [3.63, 3.8) is 0 Å². The van der Waals surface area contributed by atoms with Crippen LogP contribution in [0.1, 0.15) is 23.3 Å². The maximum Gasteiger partial charge on any atom is 0.272 e. The summed E-state index contributed by atoms with van der Waals surface area (Å²) in [7, 11) is 0. The number of aromatic nitrogens is 2. The van der Waals surface area contributed by atoms with Crippen molar-refractivity contribution in [1.82, 2.24) is 15.5 Å². The number of rotatable bonds is 4. The monoisotopic (exact) mass is 232 g/mol. The summed E-state index contributed by atoms with van der Waals surface area (Å²) in [4.78, 5) is 13.7. The molecule has 1 aromatic rings. The zero-order valence-corrected chi connectivity index (χ0v) is 9.72. The van der Waals surface area contributed by atoms with Crippen molar-refractivity contribution in [3.8, 4) is 0 Å². The molecule has 1 aliphatic rings. The smallest absolute Gasteiger partial charge is 0.272 e.